The summed E-state index contributed by atoms with van der Waals surface area (Å²) in [4.78, 5) is 42.6. The molecule has 1 aromatic heterocycles. The van der Waals surface area contributed by atoms with Crippen LogP contribution in [-0.2, 0) is 9.59 Å². The molecule has 3 amide bonds. The van der Waals surface area contributed by atoms with E-state index in [2.05, 4.69) is 10.3 Å². The molecule has 0 spiro atoms. The largest absolute Gasteiger partial charge is 0.497 e. The number of nitrogens with zero attached hydrogens (tertiary/aromatic N) is 2. The van der Waals surface area contributed by atoms with Crippen LogP contribution in [0.3, 0.4) is 0 Å². The van der Waals surface area contributed by atoms with Gasteiger partial charge in [-0.15, -0.1) is 0 Å². The summed E-state index contributed by atoms with van der Waals surface area (Å²) in [5, 5.41) is 2.52. The number of amides is 3. The zero-order chi connectivity index (χ0) is 22.5. The number of carbonyl (C=O) groups is 3. The number of pyridine rings is 1. The van der Waals surface area contributed by atoms with Crippen LogP contribution < -0.4 is 20.5 Å². The summed E-state index contributed by atoms with van der Waals surface area (Å²) in [5.74, 6) is -0.675. The molecule has 3 N–H and O–H groups in total. The summed E-state index contributed by atoms with van der Waals surface area (Å²) in [6, 6.07) is 6.54. The fraction of sp³-hybridized carbons (Fsp3) is 0.364. The standard InChI is InChI=1S/C22H26N4O5/c1-13-4-5-19(14-7-17(30-2)9-18(8-14)31-3)26(12-13)22(29)21(28)25-16-6-15(20(23)27)10-24-11-16/h6-11,13,19H,4-5,12H2,1-3H3,(H2,23,27)(H,25,28)/t13-,19+/m0/s1. The van der Waals surface area contributed by atoms with E-state index in [-0.39, 0.29) is 23.2 Å². The van der Waals surface area contributed by atoms with Crippen molar-refractivity contribution in [1.82, 2.24) is 9.88 Å². The summed E-state index contributed by atoms with van der Waals surface area (Å²) >= 11 is 0. The molecule has 1 fully saturated rings. The van der Waals surface area contributed by atoms with Crippen LogP contribution in [0.4, 0.5) is 5.69 Å². The second kappa shape index (κ2) is 9.46. The summed E-state index contributed by atoms with van der Waals surface area (Å²) in [6.45, 7) is 2.48. The molecule has 0 aliphatic carbocycles. The van der Waals surface area contributed by atoms with Crippen molar-refractivity contribution in [1.29, 1.82) is 0 Å². The van der Waals surface area contributed by atoms with Gasteiger partial charge >= 0.3 is 11.8 Å². The molecule has 0 bridgehead atoms. The molecule has 9 nitrogen and oxygen atoms in total. The van der Waals surface area contributed by atoms with Gasteiger partial charge in [0.15, 0.2) is 0 Å². The lowest BCUT2D eigenvalue weighted by atomic mass is 9.89. The quantitative estimate of drug-likeness (QED) is 0.706. The van der Waals surface area contributed by atoms with Gasteiger partial charge in [-0.25, -0.2) is 0 Å². The fourth-order valence-electron chi connectivity index (χ4n) is 3.70. The molecule has 9 heteroatoms. The lowest BCUT2D eigenvalue weighted by molar-refractivity contribution is -0.146. The van der Waals surface area contributed by atoms with Crippen molar-refractivity contribution in [2.75, 3.05) is 26.1 Å². The highest BCUT2D eigenvalue weighted by atomic mass is 16.5. The molecule has 1 aliphatic rings. The molecule has 1 saturated heterocycles. The van der Waals surface area contributed by atoms with Gasteiger partial charge in [0.05, 0.1) is 37.7 Å². The number of hydrogen-bond donors (Lipinski definition) is 2. The number of likely N-dealkylation sites (tertiary alicyclic amines) is 1. The highest BCUT2D eigenvalue weighted by Crippen LogP contribution is 2.37. The molecular formula is C22H26N4O5. The number of primary amides is 1. The van der Waals surface area contributed by atoms with E-state index in [0.29, 0.717) is 24.5 Å². The van der Waals surface area contributed by atoms with Gasteiger partial charge in [0, 0.05) is 18.8 Å². The molecule has 2 atom stereocenters. The summed E-state index contributed by atoms with van der Waals surface area (Å²) in [5.41, 5.74) is 6.44. The second-order valence-electron chi connectivity index (χ2n) is 7.58. The third kappa shape index (κ3) is 5.11. The Hall–Kier alpha value is -3.62. The van der Waals surface area contributed by atoms with Crippen molar-refractivity contribution < 1.29 is 23.9 Å². The zero-order valence-corrected chi connectivity index (χ0v) is 17.8. The Morgan fingerprint density at radius 3 is 2.35 bits per heavy atom. The predicted octanol–water partition coefficient (Wildman–Crippen LogP) is 2.14. The molecule has 0 unspecified atom stereocenters. The first-order chi connectivity index (χ1) is 14.8. The van der Waals surface area contributed by atoms with Gasteiger partial charge < -0.3 is 25.4 Å². The first-order valence-corrected chi connectivity index (χ1v) is 9.92. The van der Waals surface area contributed by atoms with Crippen LogP contribution in [0.5, 0.6) is 11.5 Å². The predicted molar refractivity (Wildman–Crippen MR) is 114 cm³/mol. The van der Waals surface area contributed by atoms with Gasteiger partial charge in [-0.1, -0.05) is 6.92 Å². The van der Waals surface area contributed by atoms with Crippen LogP contribution in [0.25, 0.3) is 0 Å². The monoisotopic (exact) mass is 426 g/mol. The van der Waals surface area contributed by atoms with Crippen LogP contribution in [0.2, 0.25) is 0 Å². The number of methoxy groups -OCH3 is 2. The summed E-state index contributed by atoms with van der Waals surface area (Å²) < 4.78 is 10.7. The molecule has 1 aliphatic heterocycles. The molecule has 2 aromatic rings. The highest BCUT2D eigenvalue weighted by Gasteiger charge is 2.34. The smallest absolute Gasteiger partial charge is 0.313 e. The van der Waals surface area contributed by atoms with Crippen LogP contribution in [0.1, 0.15) is 41.7 Å². The minimum absolute atomic E-state index is 0.137. The fourth-order valence-corrected chi connectivity index (χ4v) is 3.70. The van der Waals surface area contributed by atoms with Crippen LogP contribution in [0, 0.1) is 5.92 Å². The van der Waals surface area contributed by atoms with Gasteiger partial charge in [-0.2, -0.15) is 0 Å². The number of nitrogens with two attached hydrogens (primary N) is 1. The molecule has 0 saturated carbocycles. The van der Waals surface area contributed by atoms with Gasteiger partial charge in [0.25, 0.3) is 0 Å². The van der Waals surface area contributed by atoms with E-state index in [1.807, 2.05) is 19.1 Å². The Morgan fingerprint density at radius 2 is 1.74 bits per heavy atom. The number of benzene rings is 1. The molecule has 0 radical (unpaired) electrons. The van der Waals surface area contributed by atoms with Crippen LogP contribution in [0.15, 0.2) is 36.7 Å². The van der Waals surface area contributed by atoms with Crippen molar-refractivity contribution >= 4 is 23.4 Å². The van der Waals surface area contributed by atoms with E-state index >= 15 is 0 Å². The van der Waals surface area contributed by atoms with Gasteiger partial charge in [0.1, 0.15) is 11.5 Å². The Bertz CT molecular complexity index is 971. The maximum absolute atomic E-state index is 13.1. The number of rotatable bonds is 5. The number of hydrogen-bond acceptors (Lipinski definition) is 6. The molecule has 3 rings (SSSR count). The van der Waals surface area contributed by atoms with E-state index in [1.54, 1.807) is 25.2 Å². The van der Waals surface area contributed by atoms with Crippen LogP contribution in [-0.4, -0.2) is 48.4 Å². The lowest BCUT2D eigenvalue weighted by Gasteiger charge is -2.38. The van der Waals surface area contributed by atoms with Crippen LogP contribution >= 0.6 is 0 Å². The molecular weight excluding hydrogens is 400 g/mol. The number of carbonyl (C=O) groups excluding carboxylic acids is 3. The number of aromatic nitrogens is 1. The van der Waals surface area contributed by atoms with E-state index in [0.717, 1.165) is 12.0 Å². The summed E-state index contributed by atoms with van der Waals surface area (Å²) in [6.07, 6.45) is 4.26. The van der Waals surface area contributed by atoms with Gasteiger partial charge in [-0.3, -0.25) is 19.4 Å². The maximum Gasteiger partial charge on any atom is 0.313 e. The maximum atomic E-state index is 13.1. The lowest BCUT2D eigenvalue weighted by Crippen LogP contribution is -2.46. The zero-order valence-electron chi connectivity index (χ0n) is 17.8. The molecule has 31 heavy (non-hydrogen) atoms. The highest BCUT2D eigenvalue weighted by molar-refractivity contribution is 6.39. The molecule has 2 heterocycles. The first-order valence-electron chi connectivity index (χ1n) is 9.92. The van der Waals surface area contributed by atoms with Crippen molar-refractivity contribution in [3.05, 3.63) is 47.8 Å². The minimum atomic E-state index is -0.808. The number of nitrogens with one attached hydrogen (secondary N) is 1. The van der Waals surface area contributed by atoms with E-state index in [4.69, 9.17) is 15.2 Å². The van der Waals surface area contributed by atoms with E-state index < -0.39 is 17.7 Å². The Morgan fingerprint density at radius 1 is 1.06 bits per heavy atom. The molecule has 164 valence electrons. The average molecular weight is 426 g/mol. The third-order valence-electron chi connectivity index (χ3n) is 5.31. The Balaban J connectivity index is 1.85. The van der Waals surface area contributed by atoms with Crippen molar-refractivity contribution in [3.63, 3.8) is 0 Å². The topological polar surface area (TPSA) is 124 Å². The van der Waals surface area contributed by atoms with Crippen molar-refractivity contribution in [3.8, 4) is 11.5 Å². The minimum Gasteiger partial charge on any atom is -0.497 e. The summed E-state index contributed by atoms with van der Waals surface area (Å²) in [7, 11) is 3.12. The van der Waals surface area contributed by atoms with Gasteiger partial charge in [0.2, 0.25) is 5.91 Å². The first kappa shape index (κ1) is 22.1. The number of ether oxygens (including phenoxy) is 2. The van der Waals surface area contributed by atoms with E-state index in [9.17, 15) is 14.4 Å². The van der Waals surface area contributed by atoms with E-state index in [1.165, 1.54) is 18.5 Å². The normalized spacial score (nSPS) is 18.2. The second-order valence-corrected chi connectivity index (χ2v) is 7.58. The Kier molecular flexibility index (Phi) is 6.74. The number of anilines is 1. The molecule has 1 aromatic carbocycles. The number of piperidine rings is 1. The third-order valence-corrected chi connectivity index (χ3v) is 5.31. The SMILES string of the molecule is COc1cc(OC)cc([C@H]2CC[C@H](C)CN2C(=O)C(=O)Nc2cncc(C(N)=O)c2)c1. The van der Waals surface area contributed by atoms with Gasteiger partial charge in [-0.05, 0) is 42.5 Å². The Labute approximate surface area is 180 Å². The van der Waals surface area contributed by atoms with Crippen molar-refractivity contribution in [2.45, 2.75) is 25.8 Å². The van der Waals surface area contributed by atoms with Crippen molar-refractivity contribution in [2.24, 2.45) is 11.7 Å². The average Bonchev–Trinajstić information content (AvgIpc) is 2.78.